The molecule has 0 aliphatic heterocycles. The lowest BCUT2D eigenvalue weighted by Crippen LogP contribution is -2.39. The molecule has 0 aromatic heterocycles. The van der Waals surface area contributed by atoms with Crippen LogP contribution in [-0.4, -0.2) is 26.0 Å². The Balaban J connectivity index is 2.30. The van der Waals surface area contributed by atoms with Gasteiger partial charge in [-0.05, 0) is 42.7 Å². The van der Waals surface area contributed by atoms with E-state index in [4.69, 9.17) is 5.73 Å². The fourth-order valence-electron chi connectivity index (χ4n) is 2.87. The second-order valence-corrected chi connectivity index (χ2v) is 8.19. The first-order chi connectivity index (χ1) is 10.0. The highest BCUT2D eigenvalue weighted by molar-refractivity contribution is 7.99. The third kappa shape index (κ3) is 3.80. The highest BCUT2D eigenvalue weighted by Crippen LogP contribution is 2.30. The minimum Gasteiger partial charge on any atom is -0.326 e. The molecule has 1 aromatic rings. The van der Waals surface area contributed by atoms with Crippen LogP contribution in [0.3, 0.4) is 0 Å². The van der Waals surface area contributed by atoms with E-state index in [1.807, 2.05) is 25.3 Å². The summed E-state index contributed by atoms with van der Waals surface area (Å²) in [5.74, 6) is 0. The van der Waals surface area contributed by atoms with Crippen LogP contribution in [0.5, 0.6) is 0 Å². The van der Waals surface area contributed by atoms with E-state index in [9.17, 15) is 8.42 Å². The molecule has 0 bridgehead atoms. The molecule has 4 nitrogen and oxygen atoms in total. The molecule has 1 saturated carbocycles. The van der Waals surface area contributed by atoms with E-state index < -0.39 is 10.0 Å². The average molecular weight is 329 g/mol. The summed E-state index contributed by atoms with van der Waals surface area (Å²) in [5, 5.41) is 0.377. The average Bonchev–Trinajstić information content (AvgIpc) is 2.92. The third-order valence-corrected chi connectivity index (χ3v) is 6.84. The van der Waals surface area contributed by atoms with E-state index in [0.29, 0.717) is 23.1 Å². The van der Waals surface area contributed by atoms with Gasteiger partial charge in [0.25, 0.3) is 0 Å². The fraction of sp³-hybridized carbons (Fsp3) is 0.600. The minimum absolute atomic E-state index is 0.0382. The number of sulfonamides is 1. The van der Waals surface area contributed by atoms with Crippen molar-refractivity contribution in [2.75, 3.05) is 6.26 Å². The Kier molecular flexibility index (Phi) is 5.71. The molecule has 6 heteroatoms. The molecule has 1 fully saturated rings. The standard InChI is InChI=1S/C15H24N2O2S2/c1-3-12-8-7-11(10-16)9-15(12)21(18,19)17-13-5-4-6-14(13)20-2/h7-9,13-14,17H,3-6,10,16H2,1-2H3. The molecular weight excluding hydrogens is 304 g/mol. The Morgan fingerprint density at radius 3 is 2.76 bits per heavy atom. The van der Waals surface area contributed by atoms with E-state index in [1.54, 1.807) is 17.8 Å². The molecule has 0 radical (unpaired) electrons. The van der Waals surface area contributed by atoms with Crippen molar-refractivity contribution in [3.8, 4) is 0 Å². The first-order valence-corrected chi connectivity index (χ1v) is 10.2. The highest BCUT2D eigenvalue weighted by Gasteiger charge is 2.31. The van der Waals surface area contributed by atoms with Gasteiger partial charge in [0.1, 0.15) is 0 Å². The molecule has 1 aliphatic carbocycles. The zero-order valence-corrected chi connectivity index (χ0v) is 14.3. The molecule has 2 unspecified atom stereocenters. The number of rotatable bonds is 6. The van der Waals surface area contributed by atoms with E-state index in [-0.39, 0.29) is 6.04 Å². The smallest absolute Gasteiger partial charge is 0.241 e. The molecule has 0 amide bonds. The summed E-state index contributed by atoms with van der Waals surface area (Å²) in [6.07, 6.45) is 5.82. The molecule has 1 aromatic carbocycles. The zero-order chi connectivity index (χ0) is 15.5. The van der Waals surface area contributed by atoms with E-state index in [1.165, 1.54) is 0 Å². The summed E-state index contributed by atoms with van der Waals surface area (Å²) in [4.78, 5) is 0.389. The number of hydrogen-bond acceptors (Lipinski definition) is 4. The maximum absolute atomic E-state index is 12.7. The number of thioether (sulfide) groups is 1. The van der Waals surface area contributed by atoms with Gasteiger partial charge in [-0.3, -0.25) is 0 Å². The molecule has 3 N–H and O–H groups in total. The first-order valence-electron chi connectivity index (χ1n) is 7.38. The molecule has 0 spiro atoms. The van der Waals surface area contributed by atoms with Gasteiger partial charge >= 0.3 is 0 Å². The van der Waals surface area contributed by atoms with Crippen molar-refractivity contribution in [1.29, 1.82) is 0 Å². The molecule has 1 aliphatic rings. The van der Waals surface area contributed by atoms with Gasteiger partial charge in [-0.25, -0.2) is 13.1 Å². The molecule has 0 saturated heterocycles. The van der Waals surface area contributed by atoms with Crippen LogP contribution in [0.25, 0.3) is 0 Å². The van der Waals surface area contributed by atoms with Crippen LogP contribution in [0.4, 0.5) is 0 Å². The van der Waals surface area contributed by atoms with E-state index in [0.717, 1.165) is 30.4 Å². The Bertz CT molecular complexity index is 587. The number of nitrogens with one attached hydrogen (secondary N) is 1. The van der Waals surface area contributed by atoms with Crippen LogP contribution >= 0.6 is 11.8 Å². The van der Waals surface area contributed by atoms with Gasteiger partial charge in [-0.15, -0.1) is 0 Å². The van der Waals surface area contributed by atoms with Gasteiger partial charge in [-0.1, -0.05) is 25.5 Å². The minimum atomic E-state index is -3.48. The van der Waals surface area contributed by atoms with Crippen LogP contribution in [0, 0.1) is 0 Å². The molecular formula is C15H24N2O2S2. The second kappa shape index (κ2) is 7.13. The molecule has 21 heavy (non-hydrogen) atoms. The number of nitrogens with two attached hydrogens (primary N) is 1. The summed E-state index contributed by atoms with van der Waals surface area (Å²) in [6, 6.07) is 5.52. The normalized spacial score (nSPS) is 22.6. The van der Waals surface area contributed by atoms with Crippen molar-refractivity contribution in [2.24, 2.45) is 5.73 Å². The number of benzene rings is 1. The largest absolute Gasteiger partial charge is 0.326 e. The lowest BCUT2D eigenvalue weighted by Gasteiger charge is -2.20. The first kappa shape index (κ1) is 16.8. The number of hydrogen-bond donors (Lipinski definition) is 2. The van der Waals surface area contributed by atoms with Crippen LogP contribution in [0.15, 0.2) is 23.1 Å². The second-order valence-electron chi connectivity index (χ2n) is 5.43. The Labute approximate surface area is 131 Å². The lowest BCUT2D eigenvalue weighted by molar-refractivity contribution is 0.554. The Hall–Kier alpha value is -0.560. The fourth-order valence-corrected chi connectivity index (χ4v) is 5.57. The van der Waals surface area contributed by atoms with Crippen LogP contribution in [0.2, 0.25) is 0 Å². The van der Waals surface area contributed by atoms with Crippen molar-refractivity contribution < 1.29 is 8.42 Å². The van der Waals surface area contributed by atoms with Crippen molar-refractivity contribution >= 4 is 21.8 Å². The summed E-state index contributed by atoms with van der Waals surface area (Å²) < 4.78 is 28.4. The van der Waals surface area contributed by atoms with Crippen LogP contribution in [0.1, 0.15) is 37.3 Å². The summed E-state index contributed by atoms with van der Waals surface area (Å²) in [7, 11) is -3.48. The van der Waals surface area contributed by atoms with Crippen LogP contribution in [-0.2, 0) is 23.0 Å². The molecule has 2 atom stereocenters. The van der Waals surface area contributed by atoms with Gasteiger partial charge < -0.3 is 5.73 Å². The highest BCUT2D eigenvalue weighted by atomic mass is 32.2. The summed E-state index contributed by atoms with van der Waals surface area (Å²) in [5.41, 5.74) is 7.34. The zero-order valence-electron chi connectivity index (χ0n) is 12.6. The SMILES string of the molecule is CCc1ccc(CN)cc1S(=O)(=O)NC1CCCC1SC. The van der Waals surface area contributed by atoms with Gasteiger partial charge in [0.05, 0.1) is 4.90 Å². The molecule has 0 heterocycles. The predicted molar refractivity (Wildman–Crippen MR) is 89.0 cm³/mol. The third-order valence-electron chi connectivity index (χ3n) is 4.10. The Morgan fingerprint density at radius 2 is 2.14 bits per heavy atom. The summed E-state index contributed by atoms with van der Waals surface area (Å²) in [6.45, 7) is 2.32. The Morgan fingerprint density at radius 1 is 1.38 bits per heavy atom. The molecule has 2 rings (SSSR count). The maximum Gasteiger partial charge on any atom is 0.241 e. The molecule has 118 valence electrons. The predicted octanol–water partition coefficient (Wildman–Crippen LogP) is 2.27. The number of aryl methyl sites for hydroxylation is 1. The van der Waals surface area contributed by atoms with Crippen molar-refractivity contribution in [3.05, 3.63) is 29.3 Å². The maximum atomic E-state index is 12.7. The van der Waals surface area contributed by atoms with Crippen LogP contribution < -0.4 is 10.5 Å². The van der Waals surface area contributed by atoms with E-state index in [2.05, 4.69) is 4.72 Å². The topological polar surface area (TPSA) is 72.2 Å². The van der Waals surface area contributed by atoms with E-state index >= 15 is 0 Å². The van der Waals surface area contributed by atoms with Gasteiger partial charge in [-0.2, -0.15) is 11.8 Å². The lowest BCUT2D eigenvalue weighted by atomic mass is 10.1. The van der Waals surface area contributed by atoms with Gasteiger partial charge in [0.15, 0.2) is 0 Å². The van der Waals surface area contributed by atoms with Crippen molar-refractivity contribution in [1.82, 2.24) is 4.72 Å². The van der Waals surface area contributed by atoms with Crippen molar-refractivity contribution in [3.63, 3.8) is 0 Å². The van der Waals surface area contributed by atoms with Crippen molar-refractivity contribution in [2.45, 2.75) is 55.3 Å². The summed E-state index contributed by atoms with van der Waals surface area (Å²) >= 11 is 1.75. The monoisotopic (exact) mass is 328 g/mol. The van der Waals surface area contributed by atoms with Gasteiger partial charge in [0, 0.05) is 17.8 Å². The van der Waals surface area contributed by atoms with Gasteiger partial charge in [0.2, 0.25) is 10.0 Å². The quantitative estimate of drug-likeness (QED) is 0.840.